The van der Waals surface area contributed by atoms with Crippen LogP contribution in [0, 0.1) is 11.8 Å². The number of likely N-dealkylation sites (tertiary alicyclic amines) is 1. The molecule has 0 aliphatic carbocycles. The van der Waals surface area contributed by atoms with E-state index in [1.54, 1.807) is 0 Å². The lowest BCUT2D eigenvalue weighted by molar-refractivity contribution is -0.140. The highest BCUT2D eigenvalue weighted by molar-refractivity contribution is 5.82. The van der Waals surface area contributed by atoms with Crippen molar-refractivity contribution < 1.29 is 14.7 Å². The standard InChI is InChI=1S/C14H27N3O3/c1-4-10(2)12(13(18)19)16-14(20)15-9-11-5-7-17(3)8-6-11/h10-12H,4-9H2,1-3H3,(H,18,19)(H2,15,16,20). The summed E-state index contributed by atoms with van der Waals surface area (Å²) in [6.07, 6.45) is 2.86. The number of rotatable bonds is 6. The number of carboxylic acids is 1. The molecule has 0 aromatic rings. The molecular formula is C14H27N3O3. The first-order valence-electron chi connectivity index (χ1n) is 7.39. The van der Waals surface area contributed by atoms with Gasteiger partial charge in [0.25, 0.3) is 0 Å². The molecule has 0 aromatic heterocycles. The molecule has 0 saturated carbocycles. The number of hydrogen-bond acceptors (Lipinski definition) is 3. The molecule has 1 saturated heterocycles. The van der Waals surface area contributed by atoms with E-state index in [0.29, 0.717) is 18.9 Å². The van der Waals surface area contributed by atoms with Gasteiger partial charge in [0.15, 0.2) is 0 Å². The summed E-state index contributed by atoms with van der Waals surface area (Å²) < 4.78 is 0. The molecule has 0 spiro atoms. The van der Waals surface area contributed by atoms with Crippen LogP contribution in [-0.4, -0.2) is 54.7 Å². The van der Waals surface area contributed by atoms with E-state index < -0.39 is 12.0 Å². The van der Waals surface area contributed by atoms with Crippen LogP contribution in [0.1, 0.15) is 33.1 Å². The van der Waals surface area contributed by atoms with Crippen LogP contribution in [0.3, 0.4) is 0 Å². The Bertz CT molecular complexity index is 328. The van der Waals surface area contributed by atoms with Crippen molar-refractivity contribution in [1.29, 1.82) is 0 Å². The largest absolute Gasteiger partial charge is 0.480 e. The number of aliphatic carboxylic acids is 1. The summed E-state index contributed by atoms with van der Waals surface area (Å²) in [7, 11) is 2.10. The summed E-state index contributed by atoms with van der Waals surface area (Å²) >= 11 is 0. The number of carboxylic acid groups (broad SMARTS) is 1. The fraction of sp³-hybridized carbons (Fsp3) is 0.857. The number of hydrogen-bond donors (Lipinski definition) is 3. The zero-order valence-electron chi connectivity index (χ0n) is 12.7. The number of urea groups is 1. The van der Waals surface area contributed by atoms with Crippen LogP contribution in [-0.2, 0) is 4.79 Å². The van der Waals surface area contributed by atoms with Gasteiger partial charge < -0.3 is 20.6 Å². The molecule has 2 atom stereocenters. The lowest BCUT2D eigenvalue weighted by atomic mass is 9.97. The molecule has 6 heteroatoms. The lowest BCUT2D eigenvalue weighted by Crippen LogP contribution is -2.50. The maximum atomic E-state index is 11.8. The number of piperidine rings is 1. The number of carbonyl (C=O) groups excluding carboxylic acids is 1. The normalized spacial score (nSPS) is 20.1. The Labute approximate surface area is 120 Å². The van der Waals surface area contributed by atoms with E-state index in [0.717, 1.165) is 25.9 Å². The molecule has 116 valence electrons. The minimum atomic E-state index is -0.978. The zero-order valence-corrected chi connectivity index (χ0v) is 12.7. The highest BCUT2D eigenvalue weighted by atomic mass is 16.4. The maximum absolute atomic E-state index is 11.8. The van der Waals surface area contributed by atoms with Gasteiger partial charge in [0.2, 0.25) is 0 Å². The third kappa shape index (κ3) is 5.36. The summed E-state index contributed by atoms with van der Waals surface area (Å²) in [6, 6.07) is -1.20. The topological polar surface area (TPSA) is 81.7 Å². The van der Waals surface area contributed by atoms with Gasteiger partial charge in [-0.05, 0) is 44.8 Å². The fourth-order valence-corrected chi connectivity index (χ4v) is 2.38. The predicted octanol–water partition coefficient (Wildman–Crippen LogP) is 1.13. The third-order valence-electron chi connectivity index (χ3n) is 4.16. The van der Waals surface area contributed by atoms with Crippen LogP contribution in [0.4, 0.5) is 4.79 Å². The molecule has 0 aromatic carbocycles. The van der Waals surface area contributed by atoms with E-state index in [9.17, 15) is 9.59 Å². The number of nitrogens with zero attached hydrogens (tertiary/aromatic N) is 1. The van der Waals surface area contributed by atoms with Crippen LogP contribution < -0.4 is 10.6 Å². The molecule has 1 fully saturated rings. The Kier molecular flexibility index (Phi) is 6.78. The van der Waals surface area contributed by atoms with E-state index in [4.69, 9.17) is 5.11 Å². The first-order valence-corrected chi connectivity index (χ1v) is 7.39. The van der Waals surface area contributed by atoms with Gasteiger partial charge in [0, 0.05) is 6.54 Å². The van der Waals surface area contributed by atoms with Gasteiger partial charge in [0.05, 0.1) is 0 Å². The maximum Gasteiger partial charge on any atom is 0.326 e. The Balaban J connectivity index is 2.33. The second kappa shape index (κ2) is 8.09. The number of nitrogens with one attached hydrogen (secondary N) is 2. The molecule has 6 nitrogen and oxygen atoms in total. The van der Waals surface area contributed by atoms with Crippen molar-refractivity contribution in [3.05, 3.63) is 0 Å². The van der Waals surface area contributed by atoms with E-state index >= 15 is 0 Å². The van der Waals surface area contributed by atoms with Crippen molar-refractivity contribution in [2.75, 3.05) is 26.7 Å². The highest BCUT2D eigenvalue weighted by Gasteiger charge is 2.25. The van der Waals surface area contributed by atoms with Gasteiger partial charge in [-0.25, -0.2) is 9.59 Å². The molecule has 0 bridgehead atoms. The molecular weight excluding hydrogens is 258 g/mol. The van der Waals surface area contributed by atoms with Crippen molar-refractivity contribution in [2.24, 2.45) is 11.8 Å². The Morgan fingerprint density at radius 1 is 1.35 bits per heavy atom. The second-order valence-electron chi connectivity index (χ2n) is 5.80. The Morgan fingerprint density at radius 2 is 1.95 bits per heavy atom. The molecule has 1 aliphatic rings. The van der Waals surface area contributed by atoms with Gasteiger partial charge in [-0.1, -0.05) is 20.3 Å². The van der Waals surface area contributed by atoms with Gasteiger partial charge in [0.1, 0.15) is 6.04 Å². The average molecular weight is 285 g/mol. The van der Waals surface area contributed by atoms with Gasteiger partial charge in [-0.3, -0.25) is 0 Å². The Hall–Kier alpha value is -1.30. The van der Waals surface area contributed by atoms with E-state index in [2.05, 4.69) is 22.6 Å². The molecule has 1 aliphatic heterocycles. The average Bonchev–Trinajstić information content (AvgIpc) is 2.43. The van der Waals surface area contributed by atoms with Gasteiger partial charge >= 0.3 is 12.0 Å². The van der Waals surface area contributed by atoms with Crippen molar-refractivity contribution >= 4 is 12.0 Å². The molecule has 2 amide bonds. The van der Waals surface area contributed by atoms with Crippen LogP contribution in [0.5, 0.6) is 0 Å². The third-order valence-corrected chi connectivity index (χ3v) is 4.16. The zero-order chi connectivity index (χ0) is 15.1. The first-order chi connectivity index (χ1) is 9.43. The summed E-state index contributed by atoms with van der Waals surface area (Å²) in [6.45, 7) is 6.47. The Morgan fingerprint density at radius 3 is 2.45 bits per heavy atom. The SMILES string of the molecule is CCC(C)C(NC(=O)NCC1CCN(C)CC1)C(=O)O. The quantitative estimate of drug-likeness (QED) is 0.683. The van der Waals surface area contributed by atoms with Crippen LogP contribution in [0.25, 0.3) is 0 Å². The van der Waals surface area contributed by atoms with Gasteiger partial charge in [-0.15, -0.1) is 0 Å². The number of carbonyl (C=O) groups is 2. The van der Waals surface area contributed by atoms with Crippen LogP contribution in [0.15, 0.2) is 0 Å². The predicted molar refractivity (Wildman–Crippen MR) is 77.6 cm³/mol. The summed E-state index contributed by atoms with van der Waals surface area (Å²) in [5.41, 5.74) is 0. The molecule has 20 heavy (non-hydrogen) atoms. The van der Waals surface area contributed by atoms with E-state index in [1.807, 2.05) is 13.8 Å². The van der Waals surface area contributed by atoms with E-state index in [1.165, 1.54) is 0 Å². The minimum Gasteiger partial charge on any atom is -0.480 e. The molecule has 1 rings (SSSR count). The molecule has 3 N–H and O–H groups in total. The summed E-state index contributed by atoms with van der Waals surface area (Å²) in [5, 5.41) is 14.5. The highest BCUT2D eigenvalue weighted by Crippen LogP contribution is 2.14. The van der Waals surface area contributed by atoms with E-state index in [-0.39, 0.29) is 11.9 Å². The van der Waals surface area contributed by atoms with Crippen molar-refractivity contribution in [1.82, 2.24) is 15.5 Å². The first kappa shape index (κ1) is 16.8. The van der Waals surface area contributed by atoms with Crippen molar-refractivity contribution in [3.8, 4) is 0 Å². The second-order valence-corrected chi connectivity index (χ2v) is 5.80. The van der Waals surface area contributed by atoms with Crippen molar-refractivity contribution in [2.45, 2.75) is 39.2 Å². The molecule has 1 heterocycles. The molecule has 2 unspecified atom stereocenters. The van der Waals surface area contributed by atoms with Crippen LogP contribution >= 0.6 is 0 Å². The smallest absolute Gasteiger partial charge is 0.326 e. The monoisotopic (exact) mass is 285 g/mol. The van der Waals surface area contributed by atoms with Gasteiger partial charge in [-0.2, -0.15) is 0 Å². The minimum absolute atomic E-state index is 0.0819. The number of amides is 2. The summed E-state index contributed by atoms with van der Waals surface area (Å²) in [4.78, 5) is 25.2. The fourth-order valence-electron chi connectivity index (χ4n) is 2.38. The van der Waals surface area contributed by atoms with Crippen molar-refractivity contribution in [3.63, 3.8) is 0 Å². The summed E-state index contributed by atoms with van der Waals surface area (Å²) in [5.74, 6) is -0.570. The lowest BCUT2D eigenvalue weighted by Gasteiger charge is -2.29. The van der Waals surface area contributed by atoms with Crippen LogP contribution in [0.2, 0.25) is 0 Å². The molecule has 0 radical (unpaired) electrons.